The minimum atomic E-state index is -0.0714. The third kappa shape index (κ3) is 5.58. The van der Waals surface area contributed by atoms with Gasteiger partial charge in [-0.05, 0) is 55.2 Å². The summed E-state index contributed by atoms with van der Waals surface area (Å²) in [7, 11) is 0. The van der Waals surface area contributed by atoms with E-state index in [4.69, 9.17) is 4.99 Å². The van der Waals surface area contributed by atoms with Crippen molar-refractivity contribution in [3.05, 3.63) is 64.1 Å². The van der Waals surface area contributed by atoms with E-state index in [-0.39, 0.29) is 11.3 Å². The number of carbonyl (C=O) groups is 1. The van der Waals surface area contributed by atoms with Crippen LogP contribution in [0.4, 0.5) is 5.69 Å². The zero-order chi connectivity index (χ0) is 20.0. The first-order chi connectivity index (χ1) is 13.5. The number of guanidine groups is 1. The Morgan fingerprint density at radius 2 is 1.93 bits per heavy atom. The van der Waals surface area contributed by atoms with Crippen LogP contribution in [0.2, 0.25) is 0 Å². The second-order valence-corrected chi connectivity index (χ2v) is 8.14. The van der Waals surface area contributed by atoms with Crippen LogP contribution >= 0.6 is 15.9 Å². The van der Waals surface area contributed by atoms with Gasteiger partial charge in [-0.15, -0.1) is 0 Å². The van der Waals surface area contributed by atoms with Crippen molar-refractivity contribution in [1.82, 2.24) is 10.6 Å². The Labute approximate surface area is 175 Å². The lowest BCUT2D eigenvalue weighted by molar-refractivity contribution is -0.114. The Hall–Kier alpha value is -2.34. The molecule has 0 unspecified atom stereocenters. The van der Waals surface area contributed by atoms with Crippen LogP contribution in [0, 0.1) is 0 Å². The third-order valence-electron chi connectivity index (χ3n) is 4.90. The molecule has 1 fully saturated rings. The van der Waals surface area contributed by atoms with Gasteiger partial charge in [0.2, 0.25) is 5.91 Å². The van der Waals surface area contributed by atoms with Crippen LogP contribution in [0.25, 0.3) is 0 Å². The Morgan fingerprint density at radius 1 is 1.14 bits per heavy atom. The maximum Gasteiger partial charge on any atom is 0.221 e. The average molecular weight is 443 g/mol. The lowest BCUT2D eigenvalue weighted by Gasteiger charge is -2.19. The molecule has 0 spiro atoms. The second kappa shape index (κ2) is 9.24. The van der Waals surface area contributed by atoms with Crippen molar-refractivity contribution < 1.29 is 4.79 Å². The molecule has 0 atom stereocenters. The molecule has 1 saturated carbocycles. The van der Waals surface area contributed by atoms with Crippen LogP contribution in [-0.2, 0) is 16.8 Å². The van der Waals surface area contributed by atoms with Crippen LogP contribution in [0.1, 0.15) is 37.8 Å². The number of carbonyl (C=O) groups excluding carboxylic acids is 1. The van der Waals surface area contributed by atoms with Gasteiger partial charge in [-0.1, -0.05) is 40.2 Å². The molecule has 6 heteroatoms. The first kappa shape index (κ1) is 20.4. The third-order valence-corrected chi connectivity index (χ3v) is 5.39. The number of amides is 1. The quantitative estimate of drug-likeness (QED) is 0.444. The standard InChI is InChI=1S/C22H27BrN4O/c1-3-24-21(25-14-17-6-4-9-20(12-17)27-16(2)28)26-15-22(10-11-22)18-7-5-8-19(23)13-18/h4-9,12-13H,3,10-11,14-15H2,1-2H3,(H,27,28)(H2,24,25,26). The highest BCUT2D eigenvalue weighted by molar-refractivity contribution is 9.10. The number of anilines is 1. The zero-order valence-corrected chi connectivity index (χ0v) is 18.0. The summed E-state index contributed by atoms with van der Waals surface area (Å²) in [5.74, 6) is 0.742. The van der Waals surface area contributed by atoms with Crippen LogP contribution in [0.3, 0.4) is 0 Å². The van der Waals surface area contributed by atoms with E-state index in [2.05, 4.69) is 63.1 Å². The van der Waals surface area contributed by atoms with Crippen molar-refractivity contribution in [1.29, 1.82) is 0 Å². The van der Waals surface area contributed by atoms with Crippen molar-refractivity contribution in [2.45, 2.75) is 38.6 Å². The van der Waals surface area contributed by atoms with E-state index < -0.39 is 0 Å². The van der Waals surface area contributed by atoms with Gasteiger partial charge in [0.05, 0.1) is 6.54 Å². The largest absolute Gasteiger partial charge is 0.357 e. The van der Waals surface area contributed by atoms with Gasteiger partial charge >= 0.3 is 0 Å². The molecule has 5 nitrogen and oxygen atoms in total. The Balaban J connectivity index is 1.64. The molecule has 2 aromatic carbocycles. The molecule has 3 rings (SSSR count). The number of nitrogens with zero attached hydrogens (tertiary/aromatic N) is 1. The van der Waals surface area contributed by atoms with E-state index in [9.17, 15) is 4.79 Å². The van der Waals surface area contributed by atoms with Gasteiger partial charge in [-0.25, -0.2) is 4.99 Å². The fraction of sp³-hybridized carbons (Fsp3) is 0.364. The van der Waals surface area contributed by atoms with Crippen LogP contribution in [0.5, 0.6) is 0 Å². The molecule has 0 saturated heterocycles. The van der Waals surface area contributed by atoms with E-state index in [1.54, 1.807) is 0 Å². The van der Waals surface area contributed by atoms with E-state index in [1.165, 1.54) is 25.3 Å². The maximum absolute atomic E-state index is 11.2. The molecule has 1 amide bonds. The summed E-state index contributed by atoms with van der Waals surface area (Å²) in [6.07, 6.45) is 2.38. The molecular formula is C22H27BrN4O. The maximum atomic E-state index is 11.2. The molecule has 3 N–H and O–H groups in total. The number of benzene rings is 2. The van der Waals surface area contributed by atoms with Crippen molar-refractivity contribution in [3.8, 4) is 0 Å². The summed E-state index contributed by atoms with van der Waals surface area (Å²) in [5.41, 5.74) is 3.42. The molecule has 2 aromatic rings. The molecule has 0 aromatic heterocycles. The first-order valence-corrected chi connectivity index (χ1v) is 10.4. The van der Waals surface area contributed by atoms with Crippen LogP contribution < -0.4 is 16.0 Å². The molecule has 1 aliphatic carbocycles. The number of nitrogens with one attached hydrogen (secondary N) is 3. The smallest absolute Gasteiger partial charge is 0.221 e. The minimum absolute atomic E-state index is 0.0714. The highest BCUT2D eigenvalue weighted by atomic mass is 79.9. The fourth-order valence-electron chi connectivity index (χ4n) is 3.25. The SMILES string of the molecule is CCNC(=NCc1cccc(NC(C)=O)c1)NCC1(c2cccc(Br)c2)CC1. The highest BCUT2D eigenvalue weighted by Crippen LogP contribution is 2.48. The number of rotatable bonds is 7. The average Bonchev–Trinajstić information content (AvgIpc) is 3.45. The molecular weight excluding hydrogens is 416 g/mol. The predicted octanol–water partition coefficient (Wildman–Crippen LogP) is 4.19. The lowest BCUT2D eigenvalue weighted by atomic mass is 9.96. The van der Waals surface area contributed by atoms with E-state index >= 15 is 0 Å². The topological polar surface area (TPSA) is 65.5 Å². The second-order valence-electron chi connectivity index (χ2n) is 7.22. The number of hydrogen-bond acceptors (Lipinski definition) is 2. The molecule has 0 heterocycles. The van der Waals surface area contributed by atoms with Gasteiger partial charge in [0.1, 0.15) is 0 Å². The van der Waals surface area contributed by atoms with Crippen LogP contribution in [-0.4, -0.2) is 25.0 Å². The van der Waals surface area contributed by atoms with Gasteiger partial charge in [-0.2, -0.15) is 0 Å². The van der Waals surface area contributed by atoms with E-state index in [1.807, 2.05) is 24.3 Å². The summed E-state index contributed by atoms with van der Waals surface area (Å²) >= 11 is 3.58. The predicted molar refractivity (Wildman–Crippen MR) is 119 cm³/mol. The van der Waals surface area contributed by atoms with E-state index in [0.717, 1.165) is 34.8 Å². The summed E-state index contributed by atoms with van der Waals surface area (Å²) < 4.78 is 1.12. The van der Waals surface area contributed by atoms with Crippen molar-refractivity contribution in [2.75, 3.05) is 18.4 Å². The highest BCUT2D eigenvalue weighted by Gasteiger charge is 2.44. The monoisotopic (exact) mass is 442 g/mol. The van der Waals surface area contributed by atoms with Gasteiger partial charge in [-0.3, -0.25) is 4.79 Å². The molecule has 1 aliphatic rings. The number of aliphatic imine (C=N–C) groups is 1. The van der Waals surface area contributed by atoms with Crippen LogP contribution in [0.15, 0.2) is 58.0 Å². The molecule has 0 radical (unpaired) electrons. The molecule has 148 valence electrons. The number of hydrogen-bond donors (Lipinski definition) is 3. The molecule has 28 heavy (non-hydrogen) atoms. The summed E-state index contributed by atoms with van der Waals surface area (Å²) in [6, 6.07) is 16.4. The summed E-state index contributed by atoms with van der Waals surface area (Å²) in [4.78, 5) is 16.0. The number of halogens is 1. The Kier molecular flexibility index (Phi) is 6.73. The van der Waals surface area contributed by atoms with Crippen molar-refractivity contribution in [2.24, 2.45) is 4.99 Å². The lowest BCUT2D eigenvalue weighted by Crippen LogP contribution is -2.41. The fourth-order valence-corrected chi connectivity index (χ4v) is 3.65. The van der Waals surface area contributed by atoms with Crippen molar-refractivity contribution in [3.63, 3.8) is 0 Å². The normalized spacial score (nSPS) is 15.0. The van der Waals surface area contributed by atoms with Gasteiger partial charge in [0.25, 0.3) is 0 Å². The van der Waals surface area contributed by atoms with Gasteiger partial charge < -0.3 is 16.0 Å². The van der Waals surface area contributed by atoms with Gasteiger partial charge in [0, 0.05) is 35.6 Å². The summed E-state index contributed by atoms with van der Waals surface area (Å²) in [5, 5.41) is 9.65. The minimum Gasteiger partial charge on any atom is -0.357 e. The van der Waals surface area contributed by atoms with Gasteiger partial charge in [0.15, 0.2) is 5.96 Å². The Bertz CT molecular complexity index is 861. The zero-order valence-electron chi connectivity index (χ0n) is 16.4. The van der Waals surface area contributed by atoms with E-state index in [0.29, 0.717) is 6.54 Å². The van der Waals surface area contributed by atoms with Crippen molar-refractivity contribution >= 4 is 33.5 Å². The first-order valence-electron chi connectivity index (χ1n) is 9.65. The Morgan fingerprint density at radius 3 is 2.61 bits per heavy atom. The molecule has 0 aliphatic heterocycles. The summed E-state index contributed by atoms with van der Waals surface area (Å²) in [6.45, 7) is 5.79. The molecule has 0 bridgehead atoms.